The Balaban J connectivity index is 1.48. The molecule has 118 valence electrons. The van der Waals surface area contributed by atoms with Crippen molar-refractivity contribution in [1.82, 2.24) is 4.98 Å². The highest BCUT2D eigenvalue weighted by Gasteiger charge is 2.17. The molecule has 3 nitrogen and oxygen atoms in total. The van der Waals surface area contributed by atoms with Crippen LogP contribution in [0.3, 0.4) is 0 Å². The third kappa shape index (κ3) is 3.06. The van der Waals surface area contributed by atoms with Crippen LogP contribution in [0.5, 0.6) is 0 Å². The Morgan fingerprint density at radius 3 is 2.54 bits per heavy atom. The van der Waals surface area contributed by atoms with Gasteiger partial charge in [0, 0.05) is 23.1 Å². The summed E-state index contributed by atoms with van der Waals surface area (Å²) in [6.07, 6.45) is 4.32. The smallest absolute Gasteiger partial charge is 0.228 e. The Bertz CT molecular complexity index is 870. The number of benzene rings is 2. The van der Waals surface area contributed by atoms with E-state index in [1.165, 1.54) is 5.56 Å². The van der Waals surface area contributed by atoms with Crippen LogP contribution in [0.15, 0.2) is 66.9 Å². The lowest BCUT2D eigenvalue weighted by molar-refractivity contribution is -0.115. The number of hydrogen-bond donors (Lipinski definition) is 1. The molecule has 0 atom stereocenters. The molecule has 3 aromatic rings. The molecule has 0 saturated heterocycles. The van der Waals surface area contributed by atoms with Gasteiger partial charge in [-0.2, -0.15) is 0 Å². The third-order valence-electron chi connectivity index (χ3n) is 4.40. The Labute approximate surface area is 141 Å². The molecule has 1 aromatic heterocycles. The molecule has 3 heteroatoms. The van der Waals surface area contributed by atoms with Crippen molar-refractivity contribution in [3.8, 4) is 11.1 Å². The fourth-order valence-electron chi connectivity index (χ4n) is 3.07. The maximum absolute atomic E-state index is 11.5. The van der Waals surface area contributed by atoms with Crippen molar-refractivity contribution in [1.29, 1.82) is 0 Å². The molecule has 0 fully saturated rings. The SMILES string of the molecule is O=C1Cc2cc(-c3ccc(CCc4ccccc4)nc3)ccc2N1. The Morgan fingerprint density at radius 1 is 0.917 bits per heavy atom. The van der Waals surface area contributed by atoms with E-state index in [1.54, 1.807) is 0 Å². The molecule has 1 amide bonds. The van der Waals surface area contributed by atoms with Crippen molar-refractivity contribution in [3.05, 3.63) is 83.7 Å². The van der Waals surface area contributed by atoms with Crippen LogP contribution in [0, 0.1) is 0 Å². The van der Waals surface area contributed by atoms with Crippen LogP contribution in [0.25, 0.3) is 11.1 Å². The van der Waals surface area contributed by atoms with E-state index in [-0.39, 0.29) is 5.91 Å². The van der Waals surface area contributed by atoms with Crippen molar-refractivity contribution < 1.29 is 4.79 Å². The van der Waals surface area contributed by atoms with Gasteiger partial charge in [0.15, 0.2) is 0 Å². The molecular weight excluding hydrogens is 296 g/mol. The van der Waals surface area contributed by atoms with E-state index >= 15 is 0 Å². The molecule has 1 aliphatic rings. The molecule has 2 heterocycles. The maximum atomic E-state index is 11.5. The van der Waals surface area contributed by atoms with Gasteiger partial charge in [0.1, 0.15) is 0 Å². The lowest BCUT2D eigenvalue weighted by Crippen LogP contribution is -2.03. The number of aromatic nitrogens is 1. The van der Waals surface area contributed by atoms with Crippen LogP contribution in [-0.2, 0) is 24.1 Å². The standard InChI is InChI=1S/C21H18N2O/c24-21-13-18-12-16(8-11-20(18)23-21)17-7-10-19(22-14-17)9-6-15-4-2-1-3-5-15/h1-5,7-8,10-12,14H,6,9,13H2,(H,23,24). The average molecular weight is 314 g/mol. The minimum Gasteiger partial charge on any atom is -0.326 e. The summed E-state index contributed by atoms with van der Waals surface area (Å²) >= 11 is 0. The number of carbonyl (C=O) groups is 1. The van der Waals surface area contributed by atoms with Gasteiger partial charge in [0.05, 0.1) is 6.42 Å². The largest absolute Gasteiger partial charge is 0.326 e. The number of hydrogen-bond acceptors (Lipinski definition) is 2. The fourth-order valence-corrected chi connectivity index (χ4v) is 3.07. The van der Waals surface area contributed by atoms with Crippen LogP contribution in [0.4, 0.5) is 5.69 Å². The zero-order valence-corrected chi connectivity index (χ0v) is 13.3. The second-order valence-electron chi connectivity index (χ2n) is 6.12. The molecule has 0 radical (unpaired) electrons. The van der Waals surface area contributed by atoms with E-state index in [0.29, 0.717) is 6.42 Å². The molecule has 0 spiro atoms. The second-order valence-corrected chi connectivity index (χ2v) is 6.12. The summed E-state index contributed by atoms with van der Waals surface area (Å²) in [6.45, 7) is 0. The van der Waals surface area contributed by atoms with E-state index in [0.717, 1.165) is 40.9 Å². The maximum Gasteiger partial charge on any atom is 0.228 e. The molecule has 0 bridgehead atoms. The Kier molecular flexibility index (Phi) is 3.83. The van der Waals surface area contributed by atoms with E-state index in [9.17, 15) is 4.79 Å². The summed E-state index contributed by atoms with van der Waals surface area (Å²) in [6, 6.07) is 20.8. The monoisotopic (exact) mass is 314 g/mol. The second kappa shape index (κ2) is 6.28. The van der Waals surface area contributed by atoms with E-state index in [1.807, 2.05) is 24.4 Å². The van der Waals surface area contributed by atoms with E-state index in [2.05, 4.69) is 52.8 Å². The van der Waals surface area contributed by atoms with E-state index < -0.39 is 0 Å². The number of nitrogens with zero attached hydrogens (tertiary/aromatic N) is 1. The number of aryl methyl sites for hydroxylation is 2. The highest BCUT2D eigenvalue weighted by molar-refractivity contribution is 5.99. The molecule has 4 rings (SSSR count). The van der Waals surface area contributed by atoms with Crippen molar-refractivity contribution in [2.75, 3.05) is 5.32 Å². The van der Waals surface area contributed by atoms with Crippen LogP contribution in [-0.4, -0.2) is 10.9 Å². The van der Waals surface area contributed by atoms with E-state index in [4.69, 9.17) is 0 Å². The molecule has 0 unspecified atom stereocenters. The number of carbonyl (C=O) groups excluding carboxylic acids is 1. The minimum atomic E-state index is 0.0662. The molecule has 0 aliphatic carbocycles. The van der Waals surface area contributed by atoms with Gasteiger partial charge in [-0.25, -0.2) is 0 Å². The third-order valence-corrected chi connectivity index (χ3v) is 4.40. The summed E-state index contributed by atoms with van der Waals surface area (Å²) < 4.78 is 0. The predicted molar refractivity (Wildman–Crippen MR) is 95.9 cm³/mol. The molecular formula is C21H18N2O. The predicted octanol–water partition coefficient (Wildman–Crippen LogP) is 4.03. The van der Waals surface area contributed by atoms with Gasteiger partial charge in [-0.15, -0.1) is 0 Å². The zero-order chi connectivity index (χ0) is 16.4. The first-order valence-corrected chi connectivity index (χ1v) is 8.20. The van der Waals surface area contributed by atoms with Gasteiger partial charge in [-0.3, -0.25) is 9.78 Å². The lowest BCUT2D eigenvalue weighted by atomic mass is 10.0. The van der Waals surface area contributed by atoms with Gasteiger partial charge >= 0.3 is 0 Å². The lowest BCUT2D eigenvalue weighted by Gasteiger charge is -2.06. The van der Waals surface area contributed by atoms with Gasteiger partial charge in [0.2, 0.25) is 5.91 Å². The van der Waals surface area contributed by atoms with Crippen LogP contribution < -0.4 is 5.32 Å². The molecule has 24 heavy (non-hydrogen) atoms. The summed E-state index contributed by atoms with van der Waals surface area (Å²) in [4.78, 5) is 16.1. The summed E-state index contributed by atoms with van der Waals surface area (Å²) in [5.74, 6) is 0.0662. The summed E-state index contributed by atoms with van der Waals surface area (Å²) in [5.41, 5.74) is 6.61. The highest BCUT2D eigenvalue weighted by atomic mass is 16.1. The topological polar surface area (TPSA) is 42.0 Å². The van der Waals surface area contributed by atoms with Crippen molar-refractivity contribution >= 4 is 11.6 Å². The van der Waals surface area contributed by atoms with Gasteiger partial charge in [-0.1, -0.05) is 42.5 Å². The molecule has 1 aliphatic heterocycles. The van der Waals surface area contributed by atoms with Crippen LogP contribution in [0.1, 0.15) is 16.8 Å². The average Bonchev–Trinajstić information content (AvgIpc) is 3.00. The quantitative estimate of drug-likeness (QED) is 0.790. The summed E-state index contributed by atoms with van der Waals surface area (Å²) in [5, 5.41) is 2.86. The van der Waals surface area contributed by atoms with Crippen molar-refractivity contribution in [2.45, 2.75) is 19.3 Å². The number of rotatable bonds is 4. The zero-order valence-electron chi connectivity index (χ0n) is 13.3. The fraction of sp³-hybridized carbons (Fsp3) is 0.143. The van der Waals surface area contributed by atoms with Crippen LogP contribution in [0.2, 0.25) is 0 Å². The Morgan fingerprint density at radius 2 is 1.75 bits per heavy atom. The number of anilines is 1. The first-order chi connectivity index (χ1) is 11.8. The molecule has 0 saturated carbocycles. The minimum absolute atomic E-state index is 0.0662. The first kappa shape index (κ1) is 14.6. The van der Waals surface area contributed by atoms with Crippen LogP contribution >= 0.6 is 0 Å². The van der Waals surface area contributed by atoms with Crippen molar-refractivity contribution in [3.63, 3.8) is 0 Å². The normalized spacial score (nSPS) is 12.8. The van der Waals surface area contributed by atoms with Crippen molar-refractivity contribution in [2.24, 2.45) is 0 Å². The number of amides is 1. The van der Waals surface area contributed by atoms with Gasteiger partial charge < -0.3 is 5.32 Å². The van der Waals surface area contributed by atoms with Gasteiger partial charge in [-0.05, 0) is 47.7 Å². The molecule has 2 aromatic carbocycles. The Hall–Kier alpha value is -2.94. The number of fused-ring (bicyclic) bond motifs is 1. The number of pyridine rings is 1. The first-order valence-electron chi connectivity index (χ1n) is 8.20. The molecule has 1 N–H and O–H groups in total. The highest BCUT2D eigenvalue weighted by Crippen LogP contribution is 2.28. The number of nitrogens with one attached hydrogen (secondary N) is 1. The van der Waals surface area contributed by atoms with Gasteiger partial charge in [0.25, 0.3) is 0 Å². The summed E-state index contributed by atoms with van der Waals surface area (Å²) in [7, 11) is 0.